The van der Waals surface area contributed by atoms with Crippen LogP contribution in [-0.2, 0) is 13.0 Å². The highest BCUT2D eigenvalue weighted by molar-refractivity contribution is 9.13. The Hall–Kier alpha value is -0.170. The zero-order chi connectivity index (χ0) is 12.4. The Bertz CT molecular complexity index is 487. The molecule has 0 spiro atoms. The van der Waals surface area contributed by atoms with Crippen molar-refractivity contribution in [1.29, 1.82) is 0 Å². The first-order valence-electron chi connectivity index (χ1n) is 5.31. The summed E-state index contributed by atoms with van der Waals surface area (Å²) < 4.78 is 4.08. The molecule has 0 amide bonds. The monoisotopic (exact) mass is 377 g/mol. The molecule has 2 rings (SSSR count). The van der Waals surface area contributed by atoms with Gasteiger partial charge in [0.05, 0.1) is 9.98 Å². The van der Waals surface area contributed by atoms with E-state index >= 15 is 0 Å². The van der Waals surface area contributed by atoms with Gasteiger partial charge in [0.1, 0.15) is 0 Å². The third-order valence-electron chi connectivity index (χ3n) is 2.50. The SMILES string of the molecule is CCn1cc(CC(N)c2cc(Br)c(Br)s2)cn1. The molecule has 0 aliphatic carbocycles. The van der Waals surface area contributed by atoms with Crippen molar-refractivity contribution in [3.8, 4) is 0 Å². The van der Waals surface area contributed by atoms with E-state index in [1.807, 2.05) is 10.9 Å². The molecule has 0 saturated carbocycles. The molecule has 0 saturated heterocycles. The summed E-state index contributed by atoms with van der Waals surface area (Å²) in [6.45, 7) is 2.97. The minimum absolute atomic E-state index is 0.0251. The number of rotatable bonds is 4. The van der Waals surface area contributed by atoms with Crippen LogP contribution in [0.2, 0.25) is 0 Å². The molecule has 0 aliphatic rings. The molecule has 17 heavy (non-hydrogen) atoms. The summed E-state index contributed by atoms with van der Waals surface area (Å²) in [7, 11) is 0. The van der Waals surface area contributed by atoms with Gasteiger partial charge in [-0.1, -0.05) is 0 Å². The summed E-state index contributed by atoms with van der Waals surface area (Å²) in [5, 5.41) is 4.25. The van der Waals surface area contributed by atoms with Crippen molar-refractivity contribution in [2.24, 2.45) is 5.73 Å². The highest BCUT2D eigenvalue weighted by Crippen LogP contribution is 2.35. The molecule has 2 aromatic rings. The minimum Gasteiger partial charge on any atom is -0.323 e. The quantitative estimate of drug-likeness (QED) is 0.880. The van der Waals surface area contributed by atoms with Crippen LogP contribution in [0.3, 0.4) is 0 Å². The van der Waals surface area contributed by atoms with Crippen LogP contribution in [-0.4, -0.2) is 9.78 Å². The molecule has 0 bridgehead atoms. The van der Waals surface area contributed by atoms with E-state index < -0.39 is 0 Å². The molecule has 2 aromatic heterocycles. The van der Waals surface area contributed by atoms with E-state index in [9.17, 15) is 0 Å². The normalized spacial score (nSPS) is 12.9. The summed E-state index contributed by atoms with van der Waals surface area (Å²) in [5.74, 6) is 0. The Kier molecular flexibility index (Phi) is 4.41. The Balaban J connectivity index is 2.08. The van der Waals surface area contributed by atoms with Crippen molar-refractivity contribution in [2.75, 3.05) is 0 Å². The number of halogens is 2. The highest BCUT2D eigenvalue weighted by Gasteiger charge is 2.13. The summed E-state index contributed by atoms with van der Waals surface area (Å²) in [6, 6.07) is 2.10. The lowest BCUT2D eigenvalue weighted by molar-refractivity contribution is 0.657. The molecule has 2 heterocycles. The molecule has 0 fully saturated rings. The summed E-state index contributed by atoms with van der Waals surface area (Å²) in [5.41, 5.74) is 7.37. The van der Waals surface area contributed by atoms with Crippen molar-refractivity contribution in [1.82, 2.24) is 9.78 Å². The zero-order valence-electron chi connectivity index (χ0n) is 9.36. The smallest absolute Gasteiger partial charge is 0.0843 e. The van der Waals surface area contributed by atoms with Crippen molar-refractivity contribution in [3.05, 3.63) is 37.2 Å². The maximum absolute atomic E-state index is 6.19. The van der Waals surface area contributed by atoms with E-state index in [1.54, 1.807) is 11.3 Å². The lowest BCUT2D eigenvalue weighted by Crippen LogP contribution is -2.11. The number of nitrogens with two attached hydrogens (primary N) is 1. The maximum Gasteiger partial charge on any atom is 0.0843 e. The lowest BCUT2D eigenvalue weighted by Gasteiger charge is -2.06. The first-order chi connectivity index (χ1) is 8.10. The zero-order valence-corrected chi connectivity index (χ0v) is 13.3. The number of hydrogen-bond donors (Lipinski definition) is 1. The molecule has 1 unspecified atom stereocenters. The molecule has 92 valence electrons. The summed E-state index contributed by atoms with van der Waals surface area (Å²) >= 11 is 8.63. The number of aromatic nitrogens is 2. The molecule has 6 heteroatoms. The lowest BCUT2D eigenvalue weighted by atomic mass is 10.1. The first kappa shape index (κ1) is 13.3. The van der Waals surface area contributed by atoms with Crippen LogP contribution in [0.25, 0.3) is 0 Å². The number of hydrogen-bond acceptors (Lipinski definition) is 3. The second-order valence-electron chi connectivity index (χ2n) is 3.79. The van der Waals surface area contributed by atoms with E-state index in [0.717, 1.165) is 21.2 Å². The van der Waals surface area contributed by atoms with Gasteiger partial charge < -0.3 is 5.73 Å². The van der Waals surface area contributed by atoms with Gasteiger partial charge in [0.25, 0.3) is 0 Å². The van der Waals surface area contributed by atoms with E-state index in [0.29, 0.717) is 0 Å². The van der Waals surface area contributed by atoms with Crippen molar-refractivity contribution < 1.29 is 0 Å². The van der Waals surface area contributed by atoms with Crippen LogP contribution in [0, 0.1) is 0 Å². The molecular formula is C11H13Br2N3S. The van der Waals surface area contributed by atoms with Gasteiger partial charge in [0, 0.05) is 28.1 Å². The molecule has 2 N–H and O–H groups in total. The van der Waals surface area contributed by atoms with Gasteiger partial charge in [-0.05, 0) is 56.8 Å². The largest absolute Gasteiger partial charge is 0.323 e. The number of thiophene rings is 1. The first-order valence-corrected chi connectivity index (χ1v) is 7.72. The van der Waals surface area contributed by atoms with Gasteiger partial charge in [0.2, 0.25) is 0 Å². The van der Waals surface area contributed by atoms with E-state index in [4.69, 9.17) is 5.73 Å². The predicted octanol–water partition coefficient (Wildman–Crippen LogP) is 3.73. The Morgan fingerprint density at radius 2 is 2.29 bits per heavy atom. The van der Waals surface area contributed by atoms with Gasteiger partial charge in [-0.25, -0.2) is 0 Å². The molecule has 3 nitrogen and oxygen atoms in total. The van der Waals surface area contributed by atoms with Crippen LogP contribution >= 0.6 is 43.2 Å². The fourth-order valence-corrected chi connectivity index (χ4v) is 3.68. The van der Waals surface area contributed by atoms with E-state index in [1.165, 1.54) is 10.4 Å². The third-order valence-corrected chi connectivity index (χ3v) is 5.88. The molecular weight excluding hydrogens is 366 g/mol. The van der Waals surface area contributed by atoms with Crippen LogP contribution < -0.4 is 5.73 Å². The van der Waals surface area contributed by atoms with Crippen LogP contribution in [0.1, 0.15) is 23.4 Å². The second-order valence-corrected chi connectivity index (χ2v) is 7.04. The maximum atomic E-state index is 6.19. The van der Waals surface area contributed by atoms with E-state index in [-0.39, 0.29) is 6.04 Å². The van der Waals surface area contributed by atoms with Crippen LogP contribution in [0.4, 0.5) is 0 Å². The topological polar surface area (TPSA) is 43.8 Å². The standard InChI is InChI=1S/C11H13Br2N3S/c1-2-16-6-7(5-15-16)3-9(14)10-4-8(12)11(13)17-10/h4-6,9H,2-3,14H2,1H3. The number of nitrogens with zero attached hydrogens (tertiary/aromatic N) is 2. The van der Waals surface area contributed by atoms with Gasteiger partial charge in [-0.15, -0.1) is 11.3 Å². The Morgan fingerprint density at radius 3 is 2.82 bits per heavy atom. The molecule has 1 atom stereocenters. The number of aryl methyl sites for hydroxylation is 1. The molecule has 0 aliphatic heterocycles. The summed E-state index contributed by atoms with van der Waals surface area (Å²) in [4.78, 5) is 1.17. The van der Waals surface area contributed by atoms with Gasteiger partial charge in [-0.3, -0.25) is 4.68 Å². The van der Waals surface area contributed by atoms with Crippen molar-refractivity contribution in [2.45, 2.75) is 25.9 Å². The summed E-state index contributed by atoms with van der Waals surface area (Å²) in [6.07, 6.45) is 4.76. The fourth-order valence-electron chi connectivity index (χ4n) is 1.59. The highest BCUT2D eigenvalue weighted by atomic mass is 79.9. The van der Waals surface area contributed by atoms with Gasteiger partial charge in [-0.2, -0.15) is 5.10 Å². The van der Waals surface area contributed by atoms with E-state index in [2.05, 4.69) is 56.1 Å². The second kappa shape index (κ2) is 5.65. The van der Waals surface area contributed by atoms with Crippen molar-refractivity contribution >= 4 is 43.2 Å². The predicted molar refractivity (Wildman–Crippen MR) is 78.3 cm³/mol. The van der Waals surface area contributed by atoms with Gasteiger partial charge >= 0.3 is 0 Å². The Labute approximate surface area is 121 Å². The fraction of sp³-hybridized carbons (Fsp3) is 0.364. The van der Waals surface area contributed by atoms with Crippen LogP contribution in [0.15, 0.2) is 26.7 Å². The van der Waals surface area contributed by atoms with Gasteiger partial charge in [0.15, 0.2) is 0 Å². The Morgan fingerprint density at radius 1 is 1.53 bits per heavy atom. The average molecular weight is 379 g/mol. The van der Waals surface area contributed by atoms with Crippen molar-refractivity contribution in [3.63, 3.8) is 0 Å². The minimum atomic E-state index is 0.0251. The third kappa shape index (κ3) is 3.19. The molecule has 0 radical (unpaired) electrons. The van der Waals surface area contributed by atoms with Crippen LogP contribution in [0.5, 0.6) is 0 Å². The molecule has 0 aromatic carbocycles. The average Bonchev–Trinajstić information content (AvgIpc) is 2.87.